The fraction of sp³-hybridized carbons (Fsp3) is 1.00. The number of piperidine rings is 1. The number of aliphatic hydroxyl groups is 1. The maximum absolute atomic E-state index is 12.5. The van der Waals surface area contributed by atoms with Crippen molar-refractivity contribution in [1.82, 2.24) is 4.31 Å². The summed E-state index contributed by atoms with van der Waals surface area (Å²) in [7, 11) is -3.82. The molecule has 4 nitrogen and oxygen atoms in total. The predicted octanol–water partition coefficient (Wildman–Crippen LogP) is 0.971. The van der Waals surface area contributed by atoms with Gasteiger partial charge in [0.15, 0.2) is 0 Å². The fourth-order valence-electron chi connectivity index (χ4n) is 1.79. The van der Waals surface area contributed by atoms with Crippen molar-refractivity contribution in [2.75, 3.05) is 19.7 Å². The Morgan fingerprint density at radius 3 is 2.53 bits per heavy atom. The number of aliphatic hydroxyl groups excluding tert-OH is 1. The van der Waals surface area contributed by atoms with Gasteiger partial charge in [0.2, 0.25) is 10.0 Å². The van der Waals surface area contributed by atoms with Gasteiger partial charge in [-0.3, -0.25) is 0 Å². The van der Waals surface area contributed by atoms with Crippen LogP contribution in [0.5, 0.6) is 0 Å². The Hall–Kier alpha value is -0.340. The molecule has 1 N–H and O–H groups in total. The van der Waals surface area contributed by atoms with Gasteiger partial charge in [-0.2, -0.15) is 13.2 Å². The second-order valence-corrected chi connectivity index (χ2v) is 6.63. The summed E-state index contributed by atoms with van der Waals surface area (Å²) in [6.45, 7) is 0.261. The minimum absolute atomic E-state index is 0.0387. The Morgan fingerprint density at radius 2 is 2.06 bits per heavy atom. The van der Waals surface area contributed by atoms with Gasteiger partial charge in [0.1, 0.15) is 0 Å². The molecule has 2 unspecified atom stereocenters. The summed E-state index contributed by atoms with van der Waals surface area (Å²) in [5.74, 6) is -1.60. The second-order valence-electron chi connectivity index (χ2n) is 4.28. The van der Waals surface area contributed by atoms with Crippen molar-refractivity contribution in [3.05, 3.63) is 0 Å². The van der Waals surface area contributed by atoms with E-state index in [9.17, 15) is 21.6 Å². The van der Waals surface area contributed by atoms with Crippen molar-refractivity contribution in [3.8, 4) is 0 Å². The molecule has 1 saturated heterocycles. The zero-order chi connectivity index (χ0) is 13.3. The summed E-state index contributed by atoms with van der Waals surface area (Å²) in [6.07, 6.45) is -4.21. The van der Waals surface area contributed by atoms with Crippen molar-refractivity contribution < 1.29 is 26.7 Å². The molecule has 8 heteroatoms. The van der Waals surface area contributed by atoms with Crippen molar-refractivity contribution in [2.45, 2.75) is 31.2 Å². The highest BCUT2D eigenvalue weighted by Gasteiger charge is 2.44. The minimum Gasteiger partial charge on any atom is -0.395 e. The van der Waals surface area contributed by atoms with E-state index in [0.717, 1.165) is 4.31 Å². The first kappa shape index (κ1) is 14.7. The largest absolute Gasteiger partial charge is 0.395 e. The zero-order valence-corrected chi connectivity index (χ0v) is 10.3. The van der Waals surface area contributed by atoms with Gasteiger partial charge in [0.05, 0.1) is 17.8 Å². The van der Waals surface area contributed by atoms with E-state index in [0.29, 0.717) is 0 Å². The topological polar surface area (TPSA) is 57.6 Å². The number of sulfonamides is 1. The maximum Gasteiger partial charge on any atom is 0.393 e. The smallest absolute Gasteiger partial charge is 0.393 e. The summed E-state index contributed by atoms with van der Waals surface area (Å²) >= 11 is 0. The number of rotatable bonds is 3. The molecule has 0 saturated carbocycles. The average Bonchev–Trinajstić information content (AvgIpc) is 2.27. The highest BCUT2D eigenvalue weighted by atomic mass is 32.2. The van der Waals surface area contributed by atoms with Gasteiger partial charge < -0.3 is 5.11 Å². The summed E-state index contributed by atoms with van der Waals surface area (Å²) < 4.78 is 62.0. The van der Waals surface area contributed by atoms with Crippen LogP contribution < -0.4 is 0 Å². The molecule has 0 radical (unpaired) electrons. The molecule has 17 heavy (non-hydrogen) atoms. The Labute approximate surface area is 98.5 Å². The van der Waals surface area contributed by atoms with Crippen LogP contribution in [0, 0.1) is 5.92 Å². The third kappa shape index (κ3) is 3.32. The molecule has 0 spiro atoms. The average molecular weight is 275 g/mol. The zero-order valence-electron chi connectivity index (χ0n) is 9.44. The molecule has 1 heterocycles. The highest BCUT2D eigenvalue weighted by molar-refractivity contribution is 7.89. The molecule has 1 fully saturated rings. The van der Waals surface area contributed by atoms with Crippen molar-refractivity contribution in [2.24, 2.45) is 5.92 Å². The molecule has 1 aliphatic heterocycles. The van der Waals surface area contributed by atoms with Crippen molar-refractivity contribution in [1.29, 1.82) is 0 Å². The Kier molecular flexibility index (Phi) is 4.43. The number of hydrogen-bond donors (Lipinski definition) is 1. The van der Waals surface area contributed by atoms with Gasteiger partial charge in [-0.25, -0.2) is 12.7 Å². The van der Waals surface area contributed by atoms with Gasteiger partial charge in [0, 0.05) is 13.1 Å². The van der Waals surface area contributed by atoms with E-state index in [1.165, 1.54) is 6.92 Å². The summed E-state index contributed by atoms with van der Waals surface area (Å²) in [6, 6.07) is 0. The quantitative estimate of drug-likeness (QED) is 0.835. The van der Waals surface area contributed by atoms with Crippen molar-refractivity contribution in [3.63, 3.8) is 0 Å². The lowest BCUT2D eigenvalue weighted by Crippen LogP contribution is -2.47. The van der Waals surface area contributed by atoms with Crippen LogP contribution in [0.1, 0.15) is 19.8 Å². The van der Waals surface area contributed by atoms with Crippen LogP contribution in [0.3, 0.4) is 0 Å². The number of hydrogen-bond acceptors (Lipinski definition) is 3. The van der Waals surface area contributed by atoms with Crippen LogP contribution in [0.2, 0.25) is 0 Å². The van der Waals surface area contributed by atoms with Crippen LogP contribution in [-0.4, -0.2) is 49.0 Å². The Balaban J connectivity index is 2.80. The van der Waals surface area contributed by atoms with E-state index in [4.69, 9.17) is 5.11 Å². The fourth-order valence-corrected chi connectivity index (χ4v) is 3.26. The first-order valence-electron chi connectivity index (χ1n) is 5.36. The van der Waals surface area contributed by atoms with E-state index < -0.39 is 40.5 Å². The lowest BCUT2D eigenvalue weighted by molar-refractivity contribution is -0.182. The number of alkyl halides is 3. The van der Waals surface area contributed by atoms with Gasteiger partial charge in [-0.05, 0) is 19.8 Å². The highest BCUT2D eigenvalue weighted by Crippen LogP contribution is 2.34. The molecule has 0 aromatic carbocycles. The molecule has 0 aliphatic carbocycles. The Bertz CT molecular complexity index is 355. The van der Waals surface area contributed by atoms with Crippen LogP contribution in [-0.2, 0) is 10.0 Å². The third-order valence-electron chi connectivity index (χ3n) is 2.97. The molecule has 0 amide bonds. The van der Waals surface area contributed by atoms with Crippen molar-refractivity contribution >= 4 is 10.0 Å². The predicted molar refractivity (Wildman–Crippen MR) is 55.8 cm³/mol. The van der Waals surface area contributed by atoms with E-state index in [2.05, 4.69) is 0 Å². The molecule has 1 rings (SSSR count). The van der Waals surface area contributed by atoms with Gasteiger partial charge in [0.25, 0.3) is 0 Å². The molecule has 0 aromatic rings. The normalized spacial score (nSPS) is 25.8. The van der Waals surface area contributed by atoms with Crippen LogP contribution in [0.15, 0.2) is 0 Å². The molecule has 0 bridgehead atoms. The van der Waals surface area contributed by atoms with E-state index >= 15 is 0 Å². The summed E-state index contributed by atoms with van der Waals surface area (Å²) in [5, 5.41) is 7.74. The minimum atomic E-state index is -4.36. The molecule has 2 atom stereocenters. The van der Waals surface area contributed by atoms with Gasteiger partial charge in [-0.1, -0.05) is 0 Å². The number of halogens is 3. The van der Waals surface area contributed by atoms with E-state index in [1.807, 2.05) is 0 Å². The summed E-state index contributed by atoms with van der Waals surface area (Å²) in [5.41, 5.74) is 0. The molecular weight excluding hydrogens is 259 g/mol. The van der Waals surface area contributed by atoms with Gasteiger partial charge >= 0.3 is 6.18 Å². The third-order valence-corrected chi connectivity index (χ3v) is 5.19. The van der Waals surface area contributed by atoms with Crippen LogP contribution in [0.4, 0.5) is 13.2 Å². The lowest BCUT2D eigenvalue weighted by atomic mass is 9.99. The first-order valence-corrected chi connectivity index (χ1v) is 6.86. The molecule has 0 aromatic heterocycles. The standard InChI is InChI=1S/C9H16F3NO3S/c1-7(6-14)17(15,16)13-4-2-3-8(5-13)9(10,11)12/h7-8,14H,2-6H2,1H3. The first-order chi connectivity index (χ1) is 7.69. The van der Waals surface area contributed by atoms with E-state index in [-0.39, 0.29) is 19.4 Å². The number of nitrogens with zero attached hydrogens (tertiary/aromatic N) is 1. The molecule has 1 aliphatic rings. The monoisotopic (exact) mass is 275 g/mol. The molecular formula is C9H16F3NO3S. The van der Waals surface area contributed by atoms with Crippen LogP contribution in [0.25, 0.3) is 0 Å². The molecule has 102 valence electrons. The Morgan fingerprint density at radius 1 is 1.47 bits per heavy atom. The second kappa shape index (κ2) is 5.11. The lowest BCUT2D eigenvalue weighted by Gasteiger charge is -2.34. The maximum atomic E-state index is 12.5. The van der Waals surface area contributed by atoms with E-state index in [1.54, 1.807) is 0 Å². The SMILES string of the molecule is CC(CO)S(=O)(=O)N1CCCC(C(F)(F)F)C1. The summed E-state index contributed by atoms with van der Waals surface area (Å²) in [4.78, 5) is 0. The van der Waals surface area contributed by atoms with Crippen LogP contribution >= 0.6 is 0 Å². The van der Waals surface area contributed by atoms with Gasteiger partial charge in [-0.15, -0.1) is 0 Å².